The number of fused-ring (bicyclic) bond motifs is 3. The highest BCUT2D eigenvalue weighted by atomic mass is 16.5. The van der Waals surface area contributed by atoms with Crippen LogP contribution in [0.5, 0.6) is 0 Å². The third-order valence-corrected chi connectivity index (χ3v) is 7.84. The van der Waals surface area contributed by atoms with Crippen molar-refractivity contribution in [3.8, 4) is 0 Å². The van der Waals surface area contributed by atoms with E-state index in [9.17, 15) is 29.1 Å². The second-order valence-corrected chi connectivity index (χ2v) is 10.00. The van der Waals surface area contributed by atoms with Crippen LogP contribution in [0.1, 0.15) is 42.7 Å². The summed E-state index contributed by atoms with van der Waals surface area (Å²) >= 11 is 0. The van der Waals surface area contributed by atoms with Crippen LogP contribution in [0.25, 0.3) is 0 Å². The summed E-state index contributed by atoms with van der Waals surface area (Å²) in [7, 11) is 1.50. The topological polar surface area (TPSA) is 149 Å². The molecule has 37 heavy (non-hydrogen) atoms. The third kappa shape index (κ3) is 4.73. The standard InChI is InChI=1S/C25H31N5O7/c1-26-24(34)27-15-5-7-18-14(9-15)4-6-19(18)22(32)30(25(35)36)12-21(31)28-8-2-3-20(28)23(33)29-11-17-10-16(29)13-37-17/h5,7,9,16-17,19-20H,2-4,6,8,10-13H2,1H3,(H,35,36)(H2,26,27,34)/t16?,17?,19-,20-/m0/s1. The van der Waals surface area contributed by atoms with Gasteiger partial charge in [0.1, 0.15) is 12.6 Å². The zero-order valence-corrected chi connectivity index (χ0v) is 20.6. The largest absolute Gasteiger partial charge is 0.465 e. The van der Waals surface area contributed by atoms with Gasteiger partial charge in [-0.05, 0) is 55.4 Å². The minimum absolute atomic E-state index is 0.0293. The number of ether oxygens (including phenoxy) is 1. The van der Waals surface area contributed by atoms with Gasteiger partial charge in [-0.25, -0.2) is 14.5 Å². The van der Waals surface area contributed by atoms with Gasteiger partial charge >= 0.3 is 12.1 Å². The van der Waals surface area contributed by atoms with E-state index >= 15 is 0 Å². The molecule has 1 aromatic carbocycles. The van der Waals surface area contributed by atoms with Crippen LogP contribution in [0.4, 0.5) is 15.3 Å². The van der Waals surface area contributed by atoms with E-state index in [4.69, 9.17) is 4.74 Å². The summed E-state index contributed by atoms with van der Waals surface area (Å²) in [6.45, 7) is 0.742. The minimum atomic E-state index is -1.50. The van der Waals surface area contributed by atoms with Crippen molar-refractivity contribution in [1.82, 2.24) is 20.0 Å². The SMILES string of the molecule is CNC(=O)Nc1ccc2c(c1)CC[C@@H]2C(=O)N(CC(=O)N1CCC[C@H]1C(=O)N1CC2CC1CO2)C(=O)O. The molecule has 2 unspecified atom stereocenters. The zero-order chi connectivity index (χ0) is 26.3. The van der Waals surface area contributed by atoms with Crippen molar-refractivity contribution in [3.05, 3.63) is 29.3 Å². The number of carbonyl (C=O) groups excluding carboxylic acids is 4. The van der Waals surface area contributed by atoms with Crippen LogP contribution in [0, 0.1) is 0 Å². The van der Waals surface area contributed by atoms with E-state index in [1.165, 1.54) is 11.9 Å². The number of nitrogens with one attached hydrogen (secondary N) is 2. The molecule has 0 radical (unpaired) electrons. The van der Waals surface area contributed by atoms with Gasteiger partial charge < -0.3 is 30.3 Å². The molecule has 3 N–H and O–H groups in total. The maximum atomic E-state index is 13.3. The molecule has 3 fully saturated rings. The molecular weight excluding hydrogens is 482 g/mol. The maximum absolute atomic E-state index is 13.3. The average Bonchev–Trinajstić information content (AvgIpc) is 3.69. The third-order valence-electron chi connectivity index (χ3n) is 7.84. The minimum Gasteiger partial charge on any atom is -0.465 e. The van der Waals surface area contributed by atoms with Gasteiger partial charge in [-0.3, -0.25) is 14.4 Å². The highest BCUT2D eigenvalue weighted by molar-refractivity contribution is 6.00. The first kappa shape index (κ1) is 25.0. The zero-order valence-electron chi connectivity index (χ0n) is 20.6. The fourth-order valence-electron chi connectivity index (χ4n) is 5.98. The second kappa shape index (κ2) is 10.0. The maximum Gasteiger partial charge on any atom is 0.414 e. The molecule has 3 aliphatic heterocycles. The smallest absolute Gasteiger partial charge is 0.414 e. The average molecular weight is 514 g/mol. The van der Waals surface area contributed by atoms with Gasteiger partial charge in [0.2, 0.25) is 17.7 Å². The number of amides is 6. The molecule has 12 nitrogen and oxygen atoms in total. The van der Waals surface area contributed by atoms with Crippen LogP contribution in [-0.2, 0) is 25.5 Å². The Balaban J connectivity index is 1.26. The number of carboxylic acid groups (broad SMARTS) is 1. The molecule has 5 rings (SSSR count). The first-order chi connectivity index (χ1) is 17.8. The molecule has 3 saturated heterocycles. The summed E-state index contributed by atoms with van der Waals surface area (Å²) < 4.78 is 5.57. The lowest BCUT2D eigenvalue weighted by Gasteiger charge is -2.33. The van der Waals surface area contributed by atoms with Gasteiger partial charge in [0, 0.05) is 25.8 Å². The van der Waals surface area contributed by atoms with Gasteiger partial charge in [-0.2, -0.15) is 0 Å². The van der Waals surface area contributed by atoms with Gasteiger partial charge in [0.05, 0.1) is 24.7 Å². The Bertz CT molecular complexity index is 1140. The summed E-state index contributed by atoms with van der Waals surface area (Å²) in [6, 6.07) is 4.15. The molecule has 0 saturated carbocycles. The monoisotopic (exact) mass is 513 g/mol. The predicted molar refractivity (Wildman–Crippen MR) is 130 cm³/mol. The molecule has 0 spiro atoms. The van der Waals surface area contributed by atoms with Crippen LogP contribution in [0.15, 0.2) is 18.2 Å². The molecule has 0 aromatic heterocycles. The molecule has 6 amide bonds. The number of hydrogen-bond donors (Lipinski definition) is 3. The molecule has 2 bridgehead atoms. The lowest BCUT2D eigenvalue weighted by molar-refractivity contribution is -0.148. The Morgan fingerprint density at radius 3 is 2.65 bits per heavy atom. The van der Waals surface area contributed by atoms with Crippen LogP contribution in [-0.4, -0.2) is 101 Å². The van der Waals surface area contributed by atoms with Crippen molar-refractivity contribution in [2.24, 2.45) is 0 Å². The molecule has 4 aliphatic rings. The number of urea groups is 1. The second-order valence-electron chi connectivity index (χ2n) is 10.00. The Kier molecular flexibility index (Phi) is 6.76. The summed E-state index contributed by atoms with van der Waals surface area (Å²) in [5.41, 5.74) is 2.10. The first-order valence-electron chi connectivity index (χ1n) is 12.6. The van der Waals surface area contributed by atoms with Crippen LogP contribution in [0.3, 0.4) is 0 Å². The summed E-state index contributed by atoms with van der Waals surface area (Å²) in [5.74, 6) is -2.04. The van der Waals surface area contributed by atoms with Gasteiger partial charge in [0.15, 0.2) is 0 Å². The summed E-state index contributed by atoms with van der Waals surface area (Å²) in [5, 5.41) is 15.0. The fourth-order valence-corrected chi connectivity index (χ4v) is 5.98. The van der Waals surface area contributed by atoms with E-state index in [-0.39, 0.29) is 24.1 Å². The van der Waals surface area contributed by atoms with Gasteiger partial charge in [-0.15, -0.1) is 0 Å². The van der Waals surface area contributed by atoms with Crippen molar-refractivity contribution >= 4 is 35.5 Å². The normalized spacial score (nSPS) is 25.6. The number of carbonyl (C=O) groups is 5. The molecular formula is C25H31N5O7. The Morgan fingerprint density at radius 2 is 1.97 bits per heavy atom. The van der Waals surface area contributed by atoms with E-state index < -0.39 is 36.4 Å². The van der Waals surface area contributed by atoms with Crippen molar-refractivity contribution in [1.29, 1.82) is 0 Å². The van der Waals surface area contributed by atoms with Crippen LogP contribution >= 0.6 is 0 Å². The predicted octanol–water partition coefficient (Wildman–Crippen LogP) is 0.965. The lowest BCUT2D eigenvalue weighted by Crippen LogP contribution is -2.54. The van der Waals surface area contributed by atoms with Crippen molar-refractivity contribution in [2.75, 3.05) is 38.6 Å². The van der Waals surface area contributed by atoms with E-state index in [1.54, 1.807) is 23.1 Å². The van der Waals surface area contributed by atoms with Crippen molar-refractivity contribution in [3.63, 3.8) is 0 Å². The summed E-state index contributed by atoms with van der Waals surface area (Å²) in [6.07, 6.45) is 1.46. The van der Waals surface area contributed by atoms with Gasteiger partial charge in [-0.1, -0.05) is 6.07 Å². The number of rotatable bonds is 5. The van der Waals surface area contributed by atoms with E-state index in [0.717, 1.165) is 12.0 Å². The Hall–Kier alpha value is -3.67. The highest BCUT2D eigenvalue weighted by Gasteiger charge is 2.46. The number of benzene rings is 1. The Labute approximate surface area is 213 Å². The van der Waals surface area contributed by atoms with E-state index in [0.29, 0.717) is 61.5 Å². The number of imide groups is 1. The summed E-state index contributed by atoms with van der Waals surface area (Å²) in [4.78, 5) is 67.2. The Morgan fingerprint density at radius 1 is 1.16 bits per heavy atom. The number of aryl methyl sites for hydroxylation is 1. The van der Waals surface area contributed by atoms with E-state index in [1.807, 2.05) is 0 Å². The van der Waals surface area contributed by atoms with Crippen molar-refractivity contribution in [2.45, 2.75) is 56.2 Å². The number of nitrogens with zero attached hydrogens (tertiary/aromatic N) is 3. The number of hydrogen-bond acceptors (Lipinski definition) is 6. The highest BCUT2D eigenvalue weighted by Crippen LogP contribution is 2.36. The first-order valence-corrected chi connectivity index (χ1v) is 12.6. The van der Waals surface area contributed by atoms with Crippen LogP contribution < -0.4 is 10.6 Å². The van der Waals surface area contributed by atoms with Crippen LogP contribution in [0.2, 0.25) is 0 Å². The quantitative estimate of drug-likeness (QED) is 0.531. The molecule has 1 aliphatic carbocycles. The van der Waals surface area contributed by atoms with E-state index in [2.05, 4.69) is 10.6 Å². The van der Waals surface area contributed by atoms with Crippen molar-refractivity contribution < 1.29 is 33.8 Å². The molecule has 4 atom stereocenters. The molecule has 3 heterocycles. The molecule has 1 aromatic rings. The van der Waals surface area contributed by atoms with Gasteiger partial charge in [0.25, 0.3) is 0 Å². The molecule has 12 heteroatoms. The lowest BCUT2D eigenvalue weighted by atomic mass is 9.99. The molecule has 198 valence electrons. The number of anilines is 1. The number of likely N-dealkylation sites (tertiary alicyclic amines) is 2. The number of morpholine rings is 1. The fraction of sp³-hybridized carbons (Fsp3) is 0.560.